The van der Waals surface area contributed by atoms with Crippen LogP contribution in [0.15, 0.2) is 15.9 Å². The van der Waals surface area contributed by atoms with Gasteiger partial charge in [-0.15, -0.1) is 11.3 Å². The molecule has 0 aliphatic carbocycles. The van der Waals surface area contributed by atoms with Gasteiger partial charge in [0.2, 0.25) is 0 Å². The summed E-state index contributed by atoms with van der Waals surface area (Å²) in [6.45, 7) is 5.03. The molecule has 1 fully saturated rings. The molecule has 0 spiro atoms. The lowest BCUT2D eigenvalue weighted by atomic mass is 10.0. The maximum absolute atomic E-state index is 12.5. The summed E-state index contributed by atoms with van der Waals surface area (Å²) in [4.78, 5) is 15.5. The number of rotatable bonds is 4. The van der Waals surface area contributed by atoms with Crippen LogP contribution in [-0.4, -0.2) is 36.5 Å². The highest BCUT2D eigenvalue weighted by atomic mass is 79.9. The van der Waals surface area contributed by atoms with E-state index in [1.165, 1.54) is 11.3 Å². The average molecular weight is 331 g/mol. The first-order valence-corrected chi connectivity index (χ1v) is 8.15. The lowest BCUT2D eigenvalue weighted by Gasteiger charge is -2.34. The summed E-state index contributed by atoms with van der Waals surface area (Å²) < 4.78 is 0.998. The van der Waals surface area contributed by atoms with Crippen molar-refractivity contribution in [3.8, 4) is 0 Å². The minimum Gasteiger partial charge on any atom is -0.335 e. The van der Waals surface area contributed by atoms with Crippen LogP contribution in [0.4, 0.5) is 0 Å². The van der Waals surface area contributed by atoms with E-state index in [0.29, 0.717) is 6.04 Å². The third kappa shape index (κ3) is 3.33. The fraction of sp³-hybridized carbons (Fsp3) is 0.615. The fourth-order valence-electron chi connectivity index (χ4n) is 2.38. The van der Waals surface area contributed by atoms with E-state index in [2.05, 4.69) is 33.1 Å². The van der Waals surface area contributed by atoms with Crippen molar-refractivity contribution in [3.63, 3.8) is 0 Å². The van der Waals surface area contributed by atoms with Crippen LogP contribution in [-0.2, 0) is 0 Å². The summed E-state index contributed by atoms with van der Waals surface area (Å²) >= 11 is 4.94. The van der Waals surface area contributed by atoms with E-state index < -0.39 is 0 Å². The summed E-state index contributed by atoms with van der Waals surface area (Å²) in [7, 11) is 0. The van der Waals surface area contributed by atoms with Crippen LogP contribution < -0.4 is 5.32 Å². The molecule has 0 atom stereocenters. The number of carbonyl (C=O) groups excluding carboxylic acids is 1. The van der Waals surface area contributed by atoms with Crippen molar-refractivity contribution < 1.29 is 4.79 Å². The minimum absolute atomic E-state index is 0.194. The molecule has 1 aromatic rings. The topological polar surface area (TPSA) is 32.3 Å². The van der Waals surface area contributed by atoms with Crippen molar-refractivity contribution in [2.75, 3.05) is 19.6 Å². The molecule has 1 aliphatic heterocycles. The number of thiophene rings is 1. The van der Waals surface area contributed by atoms with E-state index in [4.69, 9.17) is 0 Å². The van der Waals surface area contributed by atoms with Crippen molar-refractivity contribution in [2.45, 2.75) is 32.2 Å². The van der Waals surface area contributed by atoms with Crippen molar-refractivity contribution in [1.82, 2.24) is 10.2 Å². The maximum Gasteiger partial charge on any atom is 0.264 e. The number of hydrogen-bond donors (Lipinski definition) is 1. The molecule has 5 heteroatoms. The predicted molar refractivity (Wildman–Crippen MR) is 79.2 cm³/mol. The zero-order valence-corrected chi connectivity index (χ0v) is 13.0. The molecule has 0 aromatic carbocycles. The van der Waals surface area contributed by atoms with Gasteiger partial charge >= 0.3 is 0 Å². The fourth-order valence-corrected chi connectivity index (χ4v) is 3.76. The van der Waals surface area contributed by atoms with Crippen LogP contribution in [0.5, 0.6) is 0 Å². The summed E-state index contributed by atoms with van der Waals surface area (Å²) in [5.41, 5.74) is 0. The van der Waals surface area contributed by atoms with E-state index in [9.17, 15) is 4.79 Å². The Labute approximate surface area is 121 Å². The van der Waals surface area contributed by atoms with Crippen LogP contribution in [0, 0.1) is 0 Å². The highest BCUT2D eigenvalue weighted by Gasteiger charge is 2.26. The van der Waals surface area contributed by atoms with E-state index in [1.807, 2.05) is 11.4 Å². The lowest BCUT2D eigenvalue weighted by Crippen LogP contribution is -2.46. The first kappa shape index (κ1) is 14.0. The van der Waals surface area contributed by atoms with Crippen molar-refractivity contribution in [3.05, 3.63) is 20.8 Å². The van der Waals surface area contributed by atoms with Gasteiger partial charge in [-0.1, -0.05) is 6.92 Å². The van der Waals surface area contributed by atoms with Gasteiger partial charge in [0.25, 0.3) is 5.91 Å². The van der Waals surface area contributed by atoms with Crippen LogP contribution in [0.25, 0.3) is 0 Å². The number of nitrogens with one attached hydrogen (secondary N) is 1. The highest BCUT2D eigenvalue weighted by Crippen LogP contribution is 2.23. The van der Waals surface area contributed by atoms with Crippen LogP contribution in [0.3, 0.4) is 0 Å². The third-order valence-electron chi connectivity index (χ3n) is 3.25. The smallest absolute Gasteiger partial charge is 0.264 e. The lowest BCUT2D eigenvalue weighted by molar-refractivity contribution is 0.0647. The van der Waals surface area contributed by atoms with E-state index in [1.54, 1.807) is 0 Å². The van der Waals surface area contributed by atoms with Crippen molar-refractivity contribution in [2.24, 2.45) is 0 Å². The summed E-state index contributed by atoms with van der Waals surface area (Å²) in [5, 5.41) is 5.32. The standard InChI is InChI=1S/C13H19BrN2OS/c1-2-7-16(11-3-5-15-6-4-11)13(17)12-8-10(14)9-18-12/h8-9,11,15H,2-7H2,1H3. The first-order chi connectivity index (χ1) is 8.72. The molecule has 1 aliphatic rings. The van der Waals surface area contributed by atoms with Gasteiger partial charge in [0, 0.05) is 22.4 Å². The predicted octanol–water partition coefficient (Wildman–Crippen LogP) is 3.11. The van der Waals surface area contributed by atoms with Gasteiger partial charge in [-0.2, -0.15) is 0 Å². The van der Waals surface area contributed by atoms with Gasteiger partial charge in [0.1, 0.15) is 0 Å². The normalized spacial score (nSPS) is 16.8. The third-order valence-corrected chi connectivity index (χ3v) is 4.93. The summed E-state index contributed by atoms with van der Waals surface area (Å²) in [6.07, 6.45) is 3.15. The molecule has 1 amide bonds. The van der Waals surface area contributed by atoms with Gasteiger partial charge in [-0.05, 0) is 54.3 Å². The number of piperidine rings is 1. The molecule has 100 valence electrons. The number of hydrogen-bond acceptors (Lipinski definition) is 3. The second-order valence-electron chi connectivity index (χ2n) is 4.61. The molecule has 2 heterocycles. The Balaban J connectivity index is 2.10. The summed E-state index contributed by atoms with van der Waals surface area (Å²) in [6, 6.07) is 2.33. The molecule has 3 nitrogen and oxygen atoms in total. The number of amides is 1. The molecule has 1 N–H and O–H groups in total. The SMILES string of the molecule is CCCN(C(=O)c1cc(Br)cs1)C1CCNCC1. The Kier molecular flexibility index (Phi) is 5.21. The molecule has 18 heavy (non-hydrogen) atoms. The van der Waals surface area contributed by atoms with Gasteiger partial charge in [-0.25, -0.2) is 0 Å². The van der Waals surface area contributed by atoms with E-state index in [-0.39, 0.29) is 5.91 Å². The number of carbonyl (C=O) groups is 1. The number of nitrogens with zero attached hydrogens (tertiary/aromatic N) is 1. The maximum atomic E-state index is 12.5. The molecule has 0 unspecified atom stereocenters. The van der Waals surface area contributed by atoms with Crippen LogP contribution in [0.2, 0.25) is 0 Å². The molecule has 2 rings (SSSR count). The largest absolute Gasteiger partial charge is 0.335 e. The van der Waals surface area contributed by atoms with Crippen LogP contribution >= 0.6 is 27.3 Å². The Hall–Kier alpha value is -0.390. The molecule has 1 aromatic heterocycles. The van der Waals surface area contributed by atoms with E-state index >= 15 is 0 Å². The molecular weight excluding hydrogens is 312 g/mol. The molecule has 0 saturated carbocycles. The zero-order chi connectivity index (χ0) is 13.0. The Morgan fingerprint density at radius 1 is 1.56 bits per heavy atom. The Morgan fingerprint density at radius 3 is 2.83 bits per heavy atom. The van der Waals surface area contributed by atoms with E-state index in [0.717, 1.165) is 48.2 Å². The number of halogens is 1. The molecule has 0 radical (unpaired) electrons. The molecule has 1 saturated heterocycles. The highest BCUT2D eigenvalue weighted by molar-refractivity contribution is 9.10. The Morgan fingerprint density at radius 2 is 2.28 bits per heavy atom. The van der Waals surface area contributed by atoms with Gasteiger partial charge in [0.15, 0.2) is 0 Å². The van der Waals surface area contributed by atoms with Crippen molar-refractivity contribution >= 4 is 33.2 Å². The monoisotopic (exact) mass is 330 g/mol. The van der Waals surface area contributed by atoms with Gasteiger partial charge < -0.3 is 10.2 Å². The van der Waals surface area contributed by atoms with Gasteiger partial charge in [-0.3, -0.25) is 4.79 Å². The second-order valence-corrected chi connectivity index (χ2v) is 6.44. The first-order valence-electron chi connectivity index (χ1n) is 6.48. The molecule has 0 bridgehead atoms. The Bertz CT molecular complexity index is 401. The molecular formula is C13H19BrN2OS. The second kappa shape index (κ2) is 6.68. The quantitative estimate of drug-likeness (QED) is 0.919. The van der Waals surface area contributed by atoms with Gasteiger partial charge in [0.05, 0.1) is 4.88 Å². The van der Waals surface area contributed by atoms with Crippen LogP contribution in [0.1, 0.15) is 35.9 Å². The summed E-state index contributed by atoms with van der Waals surface area (Å²) in [5.74, 6) is 0.194. The zero-order valence-electron chi connectivity index (χ0n) is 10.6. The van der Waals surface area contributed by atoms with Crippen molar-refractivity contribution in [1.29, 1.82) is 0 Å². The minimum atomic E-state index is 0.194. The average Bonchev–Trinajstić information content (AvgIpc) is 2.83.